The van der Waals surface area contributed by atoms with E-state index in [-0.39, 0.29) is 23.8 Å². The number of benzene rings is 2. The van der Waals surface area contributed by atoms with Gasteiger partial charge in [0.15, 0.2) is 0 Å². The topological polar surface area (TPSA) is 37.2 Å². The zero-order valence-corrected chi connectivity index (χ0v) is 19.9. The van der Waals surface area contributed by atoms with Gasteiger partial charge in [-0.2, -0.15) is 13.2 Å². The summed E-state index contributed by atoms with van der Waals surface area (Å²) in [6, 6.07) is 13.2. The summed E-state index contributed by atoms with van der Waals surface area (Å²) < 4.78 is 59.9. The monoisotopic (exact) mass is 505 g/mol. The van der Waals surface area contributed by atoms with Crippen LogP contribution in [-0.4, -0.2) is 44.4 Å². The molecule has 0 radical (unpaired) electrons. The van der Waals surface area contributed by atoms with Crippen molar-refractivity contribution in [2.75, 3.05) is 18.0 Å². The summed E-state index contributed by atoms with van der Waals surface area (Å²) in [4.78, 5) is 2.12. The lowest BCUT2D eigenvalue weighted by Crippen LogP contribution is -2.44. The average Bonchev–Trinajstić information content (AvgIpc) is 3.40. The van der Waals surface area contributed by atoms with Gasteiger partial charge in [0.05, 0.1) is 0 Å². The highest BCUT2D eigenvalue weighted by Gasteiger charge is 2.47. The Kier molecular flexibility index (Phi) is 7.02. The Balaban J connectivity index is 1.28. The fourth-order valence-electron chi connectivity index (χ4n) is 4.96. The third-order valence-electron chi connectivity index (χ3n) is 6.91. The Morgan fingerprint density at radius 3 is 2.29 bits per heavy atom. The molecular weight excluding hydrogens is 478 g/mol. The van der Waals surface area contributed by atoms with Gasteiger partial charge in [-0.15, -0.1) is 10.2 Å². The van der Waals surface area contributed by atoms with Gasteiger partial charge in [0, 0.05) is 42.2 Å². The maximum Gasteiger partial charge on any atom is 0.404 e. The van der Waals surface area contributed by atoms with E-state index in [4.69, 9.17) is 0 Å². The van der Waals surface area contributed by atoms with Crippen molar-refractivity contribution in [3.8, 4) is 0 Å². The molecule has 3 heterocycles. The maximum absolute atomic E-state index is 15.1. The molecule has 0 aliphatic carbocycles. The SMILES string of the molecule is Fc1cc(N2CCC(n3cnnc3)CC2)ccc1CN1S[C@H](c2ccccc2)CC[C@@H]1C(F)(F)F. The molecule has 2 aromatic carbocycles. The minimum Gasteiger partial charge on any atom is -0.371 e. The lowest BCUT2D eigenvalue weighted by atomic mass is 10.0. The second kappa shape index (κ2) is 10.2. The molecule has 2 aliphatic rings. The van der Waals surface area contributed by atoms with Gasteiger partial charge in [0.2, 0.25) is 0 Å². The summed E-state index contributed by atoms with van der Waals surface area (Å²) in [5.41, 5.74) is 2.03. The molecule has 0 amide bonds. The van der Waals surface area contributed by atoms with Crippen molar-refractivity contribution in [1.82, 2.24) is 19.1 Å². The fourth-order valence-corrected chi connectivity index (χ4v) is 6.39. The summed E-state index contributed by atoms with van der Waals surface area (Å²) in [5, 5.41) is 7.64. The number of nitrogens with zero attached hydrogens (tertiary/aromatic N) is 5. The summed E-state index contributed by atoms with van der Waals surface area (Å²) in [6.07, 6.45) is 1.27. The summed E-state index contributed by atoms with van der Waals surface area (Å²) in [5.74, 6) is -0.466. The lowest BCUT2D eigenvalue weighted by molar-refractivity contribution is -0.174. The molecule has 0 N–H and O–H groups in total. The van der Waals surface area contributed by atoms with Crippen molar-refractivity contribution in [2.24, 2.45) is 0 Å². The molecule has 0 spiro atoms. The number of anilines is 1. The molecule has 35 heavy (non-hydrogen) atoms. The minimum absolute atomic E-state index is 0.00283. The van der Waals surface area contributed by atoms with Crippen molar-refractivity contribution in [1.29, 1.82) is 0 Å². The first-order chi connectivity index (χ1) is 16.9. The molecule has 5 nitrogen and oxygen atoms in total. The van der Waals surface area contributed by atoms with Gasteiger partial charge in [0.25, 0.3) is 0 Å². The Labute approximate surface area is 206 Å². The highest BCUT2D eigenvalue weighted by Crippen LogP contribution is 2.47. The number of hydrogen-bond donors (Lipinski definition) is 0. The van der Waals surface area contributed by atoms with Gasteiger partial charge in [-0.1, -0.05) is 48.3 Å². The number of hydrogen-bond acceptors (Lipinski definition) is 5. The van der Waals surface area contributed by atoms with E-state index in [0.717, 1.165) is 37.2 Å². The van der Waals surface area contributed by atoms with Gasteiger partial charge in [-0.25, -0.2) is 8.70 Å². The van der Waals surface area contributed by atoms with Crippen LogP contribution >= 0.6 is 11.9 Å². The van der Waals surface area contributed by atoms with Gasteiger partial charge < -0.3 is 9.47 Å². The van der Waals surface area contributed by atoms with Crippen molar-refractivity contribution >= 4 is 17.6 Å². The second-order valence-corrected chi connectivity index (χ2v) is 10.4. The number of rotatable bonds is 5. The van der Waals surface area contributed by atoms with Crippen LogP contribution in [-0.2, 0) is 6.54 Å². The standard InChI is InChI=1S/C25H27F4N5S/c26-22-14-21(32-12-10-20(11-13-32)33-16-30-31-17-33)7-6-19(22)15-34-24(25(27,28)29)9-8-23(35-34)18-4-2-1-3-5-18/h1-7,14,16-17,20,23-24H,8-13,15H2/t23-,24+/m0/s1. The van der Waals surface area contributed by atoms with Crippen LogP contribution in [0.25, 0.3) is 0 Å². The maximum atomic E-state index is 15.1. The van der Waals surface area contributed by atoms with Crippen molar-refractivity contribution in [3.63, 3.8) is 0 Å². The predicted octanol–water partition coefficient (Wildman–Crippen LogP) is 6.17. The zero-order valence-electron chi connectivity index (χ0n) is 19.1. The molecule has 1 aromatic heterocycles. The van der Waals surface area contributed by atoms with Crippen LogP contribution in [0.2, 0.25) is 0 Å². The Hall–Kier alpha value is -2.59. The first-order valence-electron chi connectivity index (χ1n) is 11.8. The van der Waals surface area contributed by atoms with E-state index < -0.39 is 18.0 Å². The summed E-state index contributed by atoms with van der Waals surface area (Å²) in [6.45, 7) is 1.43. The van der Waals surface area contributed by atoms with Crippen LogP contribution in [0.3, 0.4) is 0 Å². The van der Waals surface area contributed by atoms with E-state index in [1.54, 1.807) is 18.7 Å². The second-order valence-electron chi connectivity index (χ2n) is 9.12. The van der Waals surface area contributed by atoms with Crippen LogP contribution in [0, 0.1) is 5.82 Å². The molecule has 3 aromatic rings. The lowest BCUT2D eigenvalue weighted by Gasteiger charge is -2.39. The van der Waals surface area contributed by atoms with Crippen molar-refractivity contribution < 1.29 is 17.6 Å². The first kappa shape index (κ1) is 24.1. The van der Waals surface area contributed by atoms with Gasteiger partial charge in [-0.3, -0.25) is 0 Å². The van der Waals surface area contributed by atoms with Gasteiger partial charge in [-0.05, 0) is 43.4 Å². The summed E-state index contributed by atoms with van der Waals surface area (Å²) in [7, 11) is 0. The number of piperidine rings is 1. The van der Waals surface area contributed by atoms with Crippen LogP contribution in [0.5, 0.6) is 0 Å². The molecule has 0 bridgehead atoms. The fraction of sp³-hybridized carbons (Fsp3) is 0.440. The highest BCUT2D eigenvalue weighted by molar-refractivity contribution is 7.97. The van der Waals surface area contributed by atoms with Crippen LogP contribution < -0.4 is 4.90 Å². The predicted molar refractivity (Wildman–Crippen MR) is 128 cm³/mol. The molecule has 10 heteroatoms. The normalized spacial score (nSPS) is 22.5. The van der Waals surface area contributed by atoms with E-state index in [1.807, 2.05) is 41.0 Å². The minimum atomic E-state index is -4.36. The summed E-state index contributed by atoms with van der Waals surface area (Å²) >= 11 is 1.18. The smallest absolute Gasteiger partial charge is 0.371 e. The number of aromatic nitrogens is 3. The van der Waals surface area contributed by atoms with Gasteiger partial charge in [0.1, 0.15) is 24.5 Å². The van der Waals surface area contributed by atoms with Crippen LogP contribution in [0.4, 0.5) is 23.2 Å². The zero-order chi connectivity index (χ0) is 24.4. The third kappa shape index (κ3) is 5.48. The Morgan fingerprint density at radius 2 is 1.63 bits per heavy atom. The molecular formula is C25H27F4N5S. The Morgan fingerprint density at radius 1 is 0.914 bits per heavy atom. The number of alkyl halides is 3. The highest BCUT2D eigenvalue weighted by atomic mass is 32.2. The first-order valence-corrected chi connectivity index (χ1v) is 12.6. The quantitative estimate of drug-likeness (QED) is 0.306. The van der Waals surface area contributed by atoms with E-state index >= 15 is 4.39 Å². The average molecular weight is 506 g/mol. The number of halogens is 4. The van der Waals surface area contributed by atoms with Crippen molar-refractivity contribution in [2.45, 2.75) is 55.7 Å². The molecule has 2 aliphatic heterocycles. The molecule has 186 valence electrons. The van der Waals surface area contributed by atoms with E-state index in [0.29, 0.717) is 12.5 Å². The van der Waals surface area contributed by atoms with Crippen LogP contribution in [0.15, 0.2) is 61.2 Å². The molecule has 0 unspecified atom stereocenters. The van der Waals surface area contributed by atoms with E-state index in [1.165, 1.54) is 22.3 Å². The van der Waals surface area contributed by atoms with Gasteiger partial charge >= 0.3 is 6.18 Å². The third-order valence-corrected chi connectivity index (χ3v) is 8.33. The molecule has 2 saturated heterocycles. The molecule has 0 saturated carbocycles. The van der Waals surface area contributed by atoms with E-state index in [2.05, 4.69) is 15.1 Å². The molecule has 2 atom stereocenters. The molecule has 2 fully saturated rings. The largest absolute Gasteiger partial charge is 0.404 e. The van der Waals surface area contributed by atoms with Crippen LogP contribution in [0.1, 0.15) is 48.1 Å². The van der Waals surface area contributed by atoms with E-state index in [9.17, 15) is 13.2 Å². The Bertz CT molecular complexity index is 1100. The molecule has 5 rings (SSSR count). The van der Waals surface area contributed by atoms with Crippen molar-refractivity contribution in [3.05, 3.63) is 78.1 Å².